The van der Waals surface area contributed by atoms with E-state index >= 15 is 0 Å². The summed E-state index contributed by atoms with van der Waals surface area (Å²) in [6, 6.07) is 24.1. The van der Waals surface area contributed by atoms with Crippen molar-refractivity contribution >= 4 is 23.6 Å². The molecule has 0 radical (unpaired) electrons. The molecule has 0 spiro atoms. The molecule has 1 aliphatic heterocycles. The summed E-state index contributed by atoms with van der Waals surface area (Å²) in [7, 11) is 0. The first kappa shape index (κ1) is 30.4. The first-order valence-electron chi connectivity index (χ1n) is 14.1. The molecule has 1 fully saturated rings. The van der Waals surface area contributed by atoms with E-state index in [0.29, 0.717) is 25.1 Å². The summed E-state index contributed by atoms with van der Waals surface area (Å²) < 4.78 is 12.8. The van der Waals surface area contributed by atoms with Gasteiger partial charge in [-0.15, -0.1) is 0 Å². The molecule has 2 amide bonds. The molecule has 2 heterocycles. The molecule has 11 heteroatoms. The summed E-state index contributed by atoms with van der Waals surface area (Å²) in [5, 5.41) is 22.6. The summed E-state index contributed by atoms with van der Waals surface area (Å²) >= 11 is 1.54. The topological polar surface area (TPSA) is 138 Å². The quantitative estimate of drug-likeness (QED) is 0.172. The summed E-state index contributed by atoms with van der Waals surface area (Å²) in [6.07, 6.45) is 1.70. The summed E-state index contributed by atoms with van der Waals surface area (Å²) in [5.41, 5.74) is 4.59. The SMILES string of the molecule is CC(=O)C(Cc1ccccc1)NC(=O)NCc1ccc(C2OC(CSc3ncn[nH]3)CC(c3ccc(CO)cc3)O2)cc1. The number of benzene rings is 3. The Balaban J connectivity index is 1.20. The lowest BCUT2D eigenvalue weighted by atomic mass is 10.0. The van der Waals surface area contributed by atoms with Crippen molar-refractivity contribution in [1.82, 2.24) is 25.8 Å². The zero-order valence-electron chi connectivity index (χ0n) is 23.8. The normalized spacial score (nSPS) is 19.0. The van der Waals surface area contributed by atoms with Crippen LogP contribution in [0.15, 0.2) is 90.3 Å². The highest BCUT2D eigenvalue weighted by molar-refractivity contribution is 7.99. The highest BCUT2D eigenvalue weighted by Crippen LogP contribution is 2.39. The largest absolute Gasteiger partial charge is 0.392 e. The number of amides is 2. The van der Waals surface area contributed by atoms with Crippen LogP contribution in [0.3, 0.4) is 0 Å². The number of aromatic amines is 1. The maximum Gasteiger partial charge on any atom is 0.315 e. The first-order valence-corrected chi connectivity index (χ1v) is 15.1. The molecule has 0 saturated carbocycles. The Bertz CT molecular complexity index is 1450. The molecule has 5 rings (SSSR count). The number of carbonyl (C=O) groups is 2. The number of Topliss-reactive ketones (excluding diaryl/α,β-unsaturated/α-hetero) is 1. The third-order valence-corrected chi connectivity index (χ3v) is 8.21. The third kappa shape index (κ3) is 8.74. The van der Waals surface area contributed by atoms with Crippen LogP contribution in [-0.2, 0) is 33.8 Å². The van der Waals surface area contributed by atoms with Gasteiger partial charge >= 0.3 is 6.03 Å². The number of nitrogens with zero attached hydrogens (tertiary/aromatic N) is 2. The number of thioether (sulfide) groups is 1. The van der Waals surface area contributed by atoms with E-state index in [2.05, 4.69) is 25.8 Å². The number of aliphatic hydroxyl groups is 1. The smallest absolute Gasteiger partial charge is 0.315 e. The fourth-order valence-corrected chi connectivity index (χ4v) is 5.59. The number of ketones is 1. The number of carbonyl (C=O) groups excluding carboxylic acids is 2. The maximum absolute atomic E-state index is 12.6. The van der Waals surface area contributed by atoms with Gasteiger partial charge in [0.1, 0.15) is 6.33 Å². The van der Waals surface area contributed by atoms with Crippen molar-refractivity contribution in [3.05, 3.63) is 113 Å². The van der Waals surface area contributed by atoms with Gasteiger partial charge in [-0.2, -0.15) is 5.10 Å². The fraction of sp³-hybridized carbons (Fsp3) is 0.312. The van der Waals surface area contributed by atoms with Gasteiger partial charge in [0.15, 0.2) is 17.2 Å². The van der Waals surface area contributed by atoms with Gasteiger partial charge in [-0.05, 0) is 35.6 Å². The van der Waals surface area contributed by atoms with Crippen LogP contribution in [0.4, 0.5) is 4.79 Å². The van der Waals surface area contributed by atoms with Crippen LogP contribution in [-0.4, -0.2) is 50.0 Å². The van der Waals surface area contributed by atoms with Crippen molar-refractivity contribution in [2.45, 2.75) is 62.6 Å². The minimum atomic E-state index is -0.603. The van der Waals surface area contributed by atoms with Crippen LogP contribution >= 0.6 is 11.8 Å². The van der Waals surface area contributed by atoms with Crippen LogP contribution in [0.25, 0.3) is 0 Å². The van der Waals surface area contributed by atoms with E-state index in [1.165, 1.54) is 13.3 Å². The van der Waals surface area contributed by atoms with E-state index < -0.39 is 18.4 Å². The molecule has 3 aromatic carbocycles. The van der Waals surface area contributed by atoms with E-state index in [1.807, 2.05) is 78.9 Å². The monoisotopic (exact) mass is 601 g/mol. The molecule has 224 valence electrons. The maximum atomic E-state index is 12.6. The third-order valence-electron chi connectivity index (χ3n) is 7.20. The van der Waals surface area contributed by atoms with E-state index in [9.17, 15) is 14.7 Å². The Kier molecular flexibility index (Phi) is 10.6. The van der Waals surface area contributed by atoms with Crippen molar-refractivity contribution in [3.63, 3.8) is 0 Å². The standard InChI is InChI=1S/C32H35N5O5S/c1-21(39)28(15-22-5-3-2-4-6-22)36-31(40)33-17-23-7-13-26(14-8-23)30-41-27(19-43-32-34-20-35-37-32)16-29(42-30)25-11-9-24(18-38)10-12-25/h2-14,20,27-30,38H,15-19H2,1H3,(H2,33,36,40)(H,34,35,37). The van der Waals surface area contributed by atoms with Crippen molar-refractivity contribution < 1.29 is 24.2 Å². The van der Waals surface area contributed by atoms with Crippen LogP contribution in [0.2, 0.25) is 0 Å². The Morgan fingerprint density at radius 1 is 0.977 bits per heavy atom. The van der Waals surface area contributed by atoms with Crippen LogP contribution in [0.1, 0.15) is 53.6 Å². The molecule has 4 aromatic rings. The number of nitrogens with one attached hydrogen (secondary N) is 3. The van der Waals surface area contributed by atoms with E-state index in [4.69, 9.17) is 9.47 Å². The zero-order valence-corrected chi connectivity index (χ0v) is 24.6. The minimum Gasteiger partial charge on any atom is -0.392 e. The van der Waals surface area contributed by atoms with Crippen LogP contribution in [0, 0.1) is 0 Å². The van der Waals surface area contributed by atoms with Crippen molar-refractivity contribution in [2.24, 2.45) is 0 Å². The molecule has 1 saturated heterocycles. The molecular weight excluding hydrogens is 566 g/mol. The lowest BCUT2D eigenvalue weighted by molar-refractivity contribution is -0.245. The average molecular weight is 602 g/mol. The fourth-order valence-electron chi connectivity index (χ4n) is 4.79. The number of aromatic nitrogens is 3. The van der Waals surface area contributed by atoms with Gasteiger partial charge in [0.05, 0.1) is 24.9 Å². The van der Waals surface area contributed by atoms with Gasteiger partial charge in [-0.25, -0.2) is 9.78 Å². The summed E-state index contributed by atoms with van der Waals surface area (Å²) in [6.45, 7) is 1.76. The molecule has 1 aromatic heterocycles. The highest BCUT2D eigenvalue weighted by Gasteiger charge is 2.32. The Morgan fingerprint density at radius 2 is 1.70 bits per heavy atom. The Hall–Kier alpha value is -4.03. The number of hydrogen-bond acceptors (Lipinski definition) is 8. The molecule has 0 aliphatic carbocycles. The number of rotatable bonds is 12. The van der Waals surface area contributed by atoms with E-state index in [-0.39, 0.29) is 24.6 Å². The van der Waals surface area contributed by atoms with Gasteiger partial charge in [0.2, 0.25) is 0 Å². The van der Waals surface area contributed by atoms with Crippen LogP contribution < -0.4 is 10.6 Å². The number of aliphatic hydroxyl groups excluding tert-OH is 1. The number of urea groups is 1. The van der Waals surface area contributed by atoms with Crippen LogP contribution in [0.5, 0.6) is 0 Å². The van der Waals surface area contributed by atoms with E-state index in [0.717, 1.165) is 33.0 Å². The van der Waals surface area contributed by atoms with Gasteiger partial charge < -0.3 is 25.2 Å². The molecular formula is C32H35N5O5S. The van der Waals surface area contributed by atoms with Gasteiger partial charge in [0.25, 0.3) is 0 Å². The van der Waals surface area contributed by atoms with Crippen molar-refractivity contribution in [2.75, 3.05) is 5.75 Å². The first-order chi connectivity index (χ1) is 21.0. The lowest BCUT2D eigenvalue weighted by Gasteiger charge is -2.36. The predicted molar refractivity (Wildman–Crippen MR) is 162 cm³/mol. The molecule has 43 heavy (non-hydrogen) atoms. The van der Waals surface area contributed by atoms with Crippen molar-refractivity contribution in [1.29, 1.82) is 0 Å². The second kappa shape index (κ2) is 14.9. The second-order valence-corrected chi connectivity index (χ2v) is 11.4. The Morgan fingerprint density at radius 3 is 2.37 bits per heavy atom. The van der Waals surface area contributed by atoms with Gasteiger partial charge in [-0.3, -0.25) is 9.89 Å². The average Bonchev–Trinajstić information content (AvgIpc) is 3.57. The number of ether oxygens (including phenoxy) is 2. The number of hydrogen-bond donors (Lipinski definition) is 4. The number of H-pyrrole nitrogens is 1. The van der Waals surface area contributed by atoms with E-state index in [1.54, 1.807) is 11.8 Å². The molecule has 4 unspecified atom stereocenters. The molecule has 4 atom stereocenters. The molecule has 1 aliphatic rings. The van der Waals surface area contributed by atoms with Gasteiger partial charge in [-0.1, -0.05) is 90.6 Å². The predicted octanol–water partition coefficient (Wildman–Crippen LogP) is 4.63. The molecule has 10 nitrogen and oxygen atoms in total. The highest BCUT2D eigenvalue weighted by atomic mass is 32.2. The van der Waals surface area contributed by atoms with Crippen molar-refractivity contribution in [3.8, 4) is 0 Å². The van der Waals surface area contributed by atoms with Gasteiger partial charge in [0, 0.05) is 24.3 Å². The second-order valence-electron chi connectivity index (χ2n) is 10.4. The zero-order chi connectivity index (χ0) is 30.0. The summed E-state index contributed by atoms with van der Waals surface area (Å²) in [5.74, 6) is 0.569. The molecule has 0 bridgehead atoms. The Labute approximate surface area is 254 Å². The molecule has 4 N–H and O–H groups in total. The minimum absolute atomic E-state index is 0.0121. The lowest BCUT2D eigenvalue weighted by Crippen LogP contribution is -2.46. The summed E-state index contributed by atoms with van der Waals surface area (Å²) in [4.78, 5) is 28.9.